The summed E-state index contributed by atoms with van der Waals surface area (Å²) in [4.78, 5) is 0. The summed E-state index contributed by atoms with van der Waals surface area (Å²) >= 11 is 7.84. The van der Waals surface area contributed by atoms with Gasteiger partial charge in [-0.15, -0.1) is 11.6 Å². The Bertz CT molecular complexity index is 184. The molecule has 0 spiro atoms. The summed E-state index contributed by atoms with van der Waals surface area (Å²) in [6.07, 6.45) is 0.864. The Morgan fingerprint density at radius 1 is 1.30 bits per heavy atom. The zero-order valence-corrected chi connectivity index (χ0v) is 8.26. The third kappa shape index (κ3) is 2.88. The molecule has 0 saturated heterocycles. The number of benzene rings is 1. The third-order valence-electron chi connectivity index (χ3n) is 1.18. The Balaban J connectivity index is 2.59. The molecule has 1 aromatic carbocycles. The van der Waals surface area contributed by atoms with Crippen LogP contribution in [0.4, 0.5) is 0 Å². The van der Waals surface area contributed by atoms with E-state index in [9.17, 15) is 0 Å². The molecule has 0 fully saturated rings. The molecule has 0 bridgehead atoms. The molecule has 1 radical (unpaired) electrons. The first-order valence-corrected chi connectivity index (χ1v) is 4.45. The van der Waals surface area contributed by atoms with Gasteiger partial charge in [0.05, 0.1) is 0 Å². The molecule has 0 aliphatic rings. The van der Waals surface area contributed by atoms with E-state index in [0.29, 0.717) is 0 Å². The molecule has 0 unspecified atom stereocenters. The molecule has 0 atom stereocenters. The van der Waals surface area contributed by atoms with Gasteiger partial charge in [-0.2, -0.15) is 0 Å². The highest BCUT2D eigenvalue weighted by Gasteiger charge is 1.99. The largest absolute Gasteiger partial charge is 0.128 e. The highest BCUT2D eigenvalue weighted by atomic mass is 127. The summed E-state index contributed by atoms with van der Waals surface area (Å²) in [7, 11) is 0. The minimum atomic E-state index is 0.864. The van der Waals surface area contributed by atoms with Gasteiger partial charge in [-0.05, 0) is 5.56 Å². The summed E-state index contributed by atoms with van der Waals surface area (Å²) in [5.41, 5.74) is 1.27. The van der Waals surface area contributed by atoms with Crippen LogP contribution in [-0.2, 0) is 6.42 Å². The van der Waals surface area contributed by atoms with E-state index in [2.05, 4.69) is 34.7 Å². The Labute approximate surface area is 79.7 Å². The van der Waals surface area contributed by atoms with Crippen molar-refractivity contribution in [3.05, 3.63) is 39.3 Å². The van der Waals surface area contributed by atoms with Gasteiger partial charge in [0.2, 0.25) is 0 Å². The van der Waals surface area contributed by atoms with Crippen LogP contribution in [0.3, 0.4) is 0 Å². The van der Waals surface area contributed by atoms with Crippen LogP contribution in [0.5, 0.6) is 0 Å². The molecule has 1 aromatic rings. The van der Waals surface area contributed by atoms with E-state index in [1.807, 2.05) is 18.2 Å². The fourth-order valence-electron chi connectivity index (χ4n) is 0.750. The molecule has 0 aliphatic heterocycles. The smallest absolute Gasteiger partial charge is 0.104 e. The fraction of sp³-hybridized carbons (Fsp3) is 0.125. The van der Waals surface area contributed by atoms with Crippen LogP contribution >= 0.6 is 34.2 Å². The van der Waals surface area contributed by atoms with Crippen molar-refractivity contribution >= 4 is 34.2 Å². The van der Waals surface area contributed by atoms with Crippen LogP contribution in [0.2, 0.25) is 0 Å². The Morgan fingerprint density at radius 2 is 1.90 bits per heavy atom. The van der Waals surface area contributed by atoms with Crippen molar-refractivity contribution in [1.82, 2.24) is 0 Å². The lowest BCUT2D eigenvalue weighted by molar-refractivity contribution is 1.23. The minimum Gasteiger partial charge on any atom is -0.104 e. The summed E-state index contributed by atoms with van der Waals surface area (Å²) in [6.45, 7) is 0. The van der Waals surface area contributed by atoms with Gasteiger partial charge in [-0.25, -0.2) is 0 Å². The molecule has 0 nitrogen and oxygen atoms in total. The van der Waals surface area contributed by atoms with Gasteiger partial charge in [0.1, 0.15) is 3.38 Å². The SMILES string of the molecule is Cl[C](I)Cc1ccccc1. The second-order valence-electron chi connectivity index (χ2n) is 2.00. The highest BCUT2D eigenvalue weighted by Crippen LogP contribution is 2.21. The van der Waals surface area contributed by atoms with Crippen molar-refractivity contribution in [2.75, 3.05) is 0 Å². The lowest BCUT2D eigenvalue weighted by Gasteiger charge is -1.98. The standard InChI is InChI=1S/C8H7ClI/c9-8(10)6-7-4-2-1-3-5-7/h1-5H,6H2. The lowest BCUT2D eigenvalue weighted by atomic mass is 10.2. The van der Waals surface area contributed by atoms with Crippen LogP contribution in [0.1, 0.15) is 5.56 Å². The summed E-state index contributed by atoms with van der Waals surface area (Å²) in [6, 6.07) is 10.2. The molecular weight excluding hydrogens is 258 g/mol. The van der Waals surface area contributed by atoms with Crippen LogP contribution in [0.25, 0.3) is 0 Å². The molecule has 0 amide bonds. The van der Waals surface area contributed by atoms with Gasteiger partial charge in [-0.1, -0.05) is 52.9 Å². The van der Waals surface area contributed by atoms with Gasteiger partial charge in [-0.3, -0.25) is 0 Å². The third-order valence-corrected chi connectivity index (χ3v) is 1.70. The number of hydrogen-bond acceptors (Lipinski definition) is 0. The topological polar surface area (TPSA) is 0 Å². The second-order valence-corrected chi connectivity index (χ2v) is 4.40. The minimum absolute atomic E-state index is 0.864. The van der Waals surface area contributed by atoms with Gasteiger partial charge < -0.3 is 0 Å². The zero-order chi connectivity index (χ0) is 7.40. The normalized spacial score (nSPS) is 10.3. The molecule has 0 N–H and O–H groups in total. The first-order chi connectivity index (χ1) is 4.79. The number of halogens is 2. The fourth-order valence-corrected chi connectivity index (χ4v) is 1.34. The molecular formula is C8H7ClI. The van der Waals surface area contributed by atoms with E-state index in [0.717, 1.165) is 9.80 Å². The van der Waals surface area contributed by atoms with E-state index in [4.69, 9.17) is 11.6 Å². The Kier molecular flexibility index (Phi) is 3.49. The quantitative estimate of drug-likeness (QED) is 0.719. The van der Waals surface area contributed by atoms with Crippen molar-refractivity contribution in [3.8, 4) is 0 Å². The first kappa shape index (κ1) is 8.34. The van der Waals surface area contributed by atoms with E-state index >= 15 is 0 Å². The van der Waals surface area contributed by atoms with E-state index in [1.54, 1.807) is 0 Å². The predicted octanol–water partition coefficient (Wildman–Crippen LogP) is 3.39. The molecule has 1 rings (SSSR count). The second kappa shape index (κ2) is 4.19. The molecule has 53 valence electrons. The van der Waals surface area contributed by atoms with Crippen LogP contribution < -0.4 is 0 Å². The van der Waals surface area contributed by atoms with Crippen LogP contribution in [0.15, 0.2) is 30.3 Å². The summed E-state index contributed by atoms with van der Waals surface area (Å²) in [5, 5.41) is 0. The number of rotatable bonds is 2. The van der Waals surface area contributed by atoms with E-state index in [1.165, 1.54) is 5.56 Å². The average molecular weight is 266 g/mol. The maximum Gasteiger partial charge on any atom is 0.128 e. The molecule has 0 aliphatic carbocycles. The van der Waals surface area contributed by atoms with Crippen LogP contribution in [-0.4, -0.2) is 0 Å². The van der Waals surface area contributed by atoms with Crippen molar-refractivity contribution in [1.29, 1.82) is 0 Å². The van der Waals surface area contributed by atoms with Crippen molar-refractivity contribution in [2.45, 2.75) is 6.42 Å². The average Bonchev–Trinajstić information content (AvgIpc) is 1.88. The molecule has 0 heterocycles. The molecule has 0 aromatic heterocycles. The lowest BCUT2D eigenvalue weighted by Crippen LogP contribution is -1.84. The van der Waals surface area contributed by atoms with Gasteiger partial charge in [0.25, 0.3) is 0 Å². The Hall–Kier alpha value is 0.240. The molecule has 10 heavy (non-hydrogen) atoms. The monoisotopic (exact) mass is 265 g/mol. The maximum absolute atomic E-state index is 5.72. The number of hydrogen-bond donors (Lipinski definition) is 0. The highest BCUT2D eigenvalue weighted by molar-refractivity contribution is 14.1. The van der Waals surface area contributed by atoms with Crippen molar-refractivity contribution in [3.63, 3.8) is 0 Å². The summed E-state index contributed by atoms with van der Waals surface area (Å²) in [5.74, 6) is 0. The van der Waals surface area contributed by atoms with Crippen molar-refractivity contribution in [2.24, 2.45) is 0 Å². The van der Waals surface area contributed by atoms with Gasteiger partial charge >= 0.3 is 0 Å². The molecule has 0 saturated carbocycles. The van der Waals surface area contributed by atoms with Gasteiger partial charge in [0.15, 0.2) is 0 Å². The molecule has 2 heteroatoms. The van der Waals surface area contributed by atoms with Gasteiger partial charge in [0, 0.05) is 6.42 Å². The summed E-state index contributed by atoms with van der Waals surface area (Å²) < 4.78 is 0.906. The van der Waals surface area contributed by atoms with Crippen molar-refractivity contribution < 1.29 is 0 Å². The predicted molar refractivity (Wildman–Crippen MR) is 53.3 cm³/mol. The first-order valence-electron chi connectivity index (χ1n) is 3.00. The van der Waals surface area contributed by atoms with E-state index < -0.39 is 0 Å². The zero-order valence-electron chi connectivity index (χ0n) is 5.35. The van der Waals surface area contributed by atoms with E-state index in [-0.39, 0.29) is 0 Å². The Morgan fingerprint density at radius 3 is 2.40 bits per heavy atom. The maximum atomic E-state index is 5.72. The van der Waals surface area contributed by atoms with Crippen LogP contribution in [0, 0.1) is 3.38 Å².